The zero-order valence-electron chi connectivity index (χ0n) is 24.8. The summed E-state index contributed by atoms with van der Waals surface area (Å²) < 4.78 is 8.56. The molecule has 0 bridgehead atoms. The molecule has 2 heterocycles. The predicted molar refractivity (Wildman–Crippen MR) is 159 cm³/mol. The molecule has 4 atom stereocenters. The maximum absolute atomic E-state index is 14.4. The monoisotopic (exact) mass is 548 g/mol. The number of benzene rings is 2. The van der Waals surface area contributed by atoms with E-state index in [-0.39, 0.29) is 36.6 Å². The summed E-state index contributed by atoms with van der Waals surface area (Å²) in [5, 5.41) is 14.2. The highest BCUT2D eigenvalue weighted by atomic mass is 16.5. The fraction of sp³-hybridized carbons (Fsp3) is 0.500. The number of likely N-dealkylation sites (N-methyl/N-ethyl adjacent to an activating group) is 1. The number of fused-ring (bicyclic) bond motifs is 5. The first-order chi connectivity index (χ1) is 19.0. The lowest BCUT2D eigenvalue weighted by molar-refractivity contribution is -0.0186. The van der Waals surface area contributed by atoms with Crippen molar-refractivity contribution in [3.63, 3.8) is 0 Å². The Morgan fingerprint density at radius 2 is 1.80 bits per heavy atom. The van der Waals surface area contributed by atoms with Crippen LogP contribution in [0.5, 0.6) is 0 Å². The Morgan fingerprint density at radius 1 is 1.12 bits per heavy atom. The second-order valence-corrected chi connectivity index (χ2v) is 11.6. The first-order valence-corrected chi connectivity index (χ1v) is 14.3. The third kappa shape index (κ3) is 5.88. The molecule has 40 heavy (non-hydrogen) atoms. The Hall–Kier alpha value is -3.36. The molecule has 216 valence electrons. The van der Waals surface area contributed by atoms with Gasteiger partial charge in [-0.15, -0.1) is 0 Å². The fourth-order valence-corrected chi connectivity index (χ4v) is 5.35. The molecule has 2 aromatic carbocycles. The van der Waals surface area contributed by atoms with Crippen molar-refractivity contribution in [2.24, 2.45) is 18.9 Å². The summed E-state index contributed by atoms with van der Waals surface area (Å²) in [6, 6.07) is 15.6. The van der Waals surface area contributed by atoms with E-state index < -0.39 is 6.04 Å². The summed E-state index contributed by atoms with van der Waals surface area (Å²) in [7, 11) is 3.70. The third-order valence-corrected chi connectivity index (χ3v) is 8.38. The van der Waals surface area contributed by atoms with Gasteiger partial charge >= 0.3 is 6.03 Å². The van der Waals surface area contributed by atoms with E-state index in [0.717, 1.165) is 27.6 Å². The van der Waals surface area contributed by atoms with E-state index in [1.165, 1.54) is 0 Å². The lowest BCUT2D eigenvalue weighted by Gasteiger charge is -2.35. The number of rotatable bonds is 6. The van der Waals surface area contributed by atoms with E-state index >= 15 is 0 Å². The first-order valence-electron chi connectivity index (χ1n) is 14.3. The SMILES string of the molecule is CC(C)[C@H](C)NC(=O)N(C)C[C@@H]1OCc2ccccc2-c2c(n(C)c3ccccc23)C(=O)N([C@H](C)CO)C[C@H]1C. The average Bonchev–Trinajstić information content (AvgIpc) is 3.23. The smallest absolute Gasteiger partial charge is 0.317 e. The number of carbonyl (C=O) groups is 2. The Bertz CT molecular complexity index is 1350. The van der Waals surface area contributed by atoms with Gasteiger partial charge in [0.05, 0.1) is 25.4 Å². The van der Waals surface area contributed by atoms with E-state index in [0.29, 0.717) is 31.3 Å². The van der Waals surface area contributed by atoms with Crippen molar-refractivity contribution in [3.05, 3.63) is 59.8 Å². The molecule has 3 aromatic rings. The van der Waals surface area contributed by atoms with Crippen molar-refractivity contribution >= 4 is 22.8 Å². The Labute approximate surface area is 237 Å². The van der Waals surface area contributed by atoms with E-state index in [9.17, 15) is 14.7 Å². The third-order valence-electron chi connectivity index (χ3n) is 8.38. The molecule has 0 unspecified atom stereocenters. The zero-order chi connectivity index (χ0) is 29.1. The highest BCUT2D eigenvalue weighted by Crippen LogP contribution is 2.38. The quantitative estimate of drug-likeness (QED) is 0.459. The summed E-state index contributed by atoms with van der Waals surface area (Å²) in [6.45, 7) is 11.0. The fourth-order valence-electron chi connectivity index (χ4n) is 5.35. The molecule has 1 aliphatic rings. The van der Waals surface area contributed by atoms with Gasteiger partial charge in [-0.1, -0.05) is 63.2 Å². The average molecular weight is 549 g/mol. The van der Waals surface area contributed by atoms with Gasteiger partial charge in [-0.05, 0) is 37.0 Å². The lowest BCUT2D eigenvalue weighted by Crippen LogP contribution is -2.50. The van der Waals surface area contributed by atoms with Gasteiger partial charge in [0.1, 0.15) is 5.69 Å². The maximum atomic E-state index is 14.4. The molecule has 8 nitrogen and oxygen atoms in total. The van der Waals surface area contributed by atoms with Crippen molar-refractivity contribution in [1.29, 1.82) is 0 Å². The molecule has 0 saturated carbocycles. The second kappa shape index (κ2) is 12.4. The van der Waals surface area contributed by atoms with Gasteiger partial charge in [0, 0.05) is 55.6 Å². The number of nitrogens with zero attached hydrogens (tertiary/aromatic N) is 3. The van der Waals surface area contributed by atoms with Crippen LogP contribution < -0.4 is 5.32 Å². The number of para-hydroxylation sites is 1. The van der Waals surface area contributed by atoms with E-state index in [1.54, 1.807) is 16.8 Å². The van der Waals surface area contributed by atoms with E-state index in [1.807, 2.05) is 74.9 Å². The highest BCUT2D eigenvalue weighted by Gasteiger charge is 2.34. The summed E-state index contributed by atoms with van der Waals surface area (Å²) in [5.41, 5.74) is 4.37. The number of urea groups is 1. The van der Waals surface area contributed by atoms with Crippen molar-refractivity contribution in [2.75, 3.05) is 26.7 Å². The summed E-state index contributed by atoms with van der Waals surface area (Å²) in [5.74, 6) is 0.0761. The van der Waals surface area contributed by atoms with Gasteiger partial charge in [0.25, 0.3) is 5.91 Å². The van der Waals surface area contributed by atoms with Crippen LogP contribution in [0, 0.1) is 11.8 Å². The molecule has 2 N–H and O–H groups in total. The minimum atomic E-state index is -0.398. The number of hydrogen-bond donors (Lipinski definition) is 2. The van der Waals surface area contributed by atoms with Crippen molar-refractivity contribution in [2.45, 2.75) is 59.4 Å². The van der Waals surface area contributed by atoms with Gasteiger partial charge in [-0.2, -0.15) is 0 Å². The topological polar surface area (TPSA) is 87.0 Å². The number of ether oxygens (including phenoxy) is 1. The molecule has 1 aliphatic heterocycles. The number of aryl methyl sites for hydroxylation is 1. The van der Waals surface area contributed by atoms with Crippen LogP contribution in [0.4, 0.5) is 4.79 Å². The molecule has 3 amide bonds. The normalized spacial score (nSPS) is 19.5. The standard InChI is InChI=1S/C32H44N4O4/c1-20(2)23(5)33-32(39)34(6)17-28-21(3)16-36(22(4)18-37)31(38)30-29(25-13-9-8-12-24(25)19-40-28)26-14-10-11-15-27(26)35(30)7/h8-15,20-23,28,37H,16-19H2,1-7H3,(H,33,39)/t21-,22-,23+,28+/m1/s1. The number of aliphatic hydroxyl groups is 1. The Kier molecular flexibility index (Phi) is 9.21. The van der Waals surface area contributed by atoms with Crippen LogP contribution in [0.25, 0.3) is 22.0 Å². The van der Waals surface area contributed by atoms with Crippen molar-refractivity contribution in [3.8, 4) is 11.1 Å². The molecular formula is C32H44N4O4. The lowest BCUT2D eigenvalue weighted by atomic mass is 9.96. The van der Waals surface area contributed by atoms with Crippen LogP contribution in [0.1, 0.15) is 50.7 Å². The van der Waals surface area contributed by atoms with Crippen LogP contribution in [0.2, 0.25) is 0 Å². The summed E-state index contributed by atoms with van der Waals surface area (Å²) in [6.07, 6.45) is -0.336. The van der Waals surface area contributed by atoms with Crippen LogP contribution in [-0.2, 0) is 18.4 Å². The zero-order valence-corrected chi connectivity index (χ0v) is 24.8. The molecule has 0 spiro atoms. The van der Waals surface area contributed by atoms with Gasteiger partial charge in [0.2, 0.25) is 0 Å². The number of carbonyl (C=O) groups excluding carboxylic acids is 2. The second-order valence-electron chi connectivity index (χ2n) is 11.6. The summed E-state index contributed by atoms with van der Waals surface area (Å²) >= 11 is 0. The number of aromatic nitrogens is 1. The largest absolute Gasteiger partial charge is 0.394 e. The molecule has 0 aliphatic carbocycles. The molecule has 4 rings (SSSR count). The van der Waals surface area contributed by atoms with Gasteiger partial charge < -0.3 is 29.5 Å². The number of amides is 3. The predicted octanol–water partition coefficient (Wildman–Crippen LogP) is 4.89. The Morgan fingerprint density at radius 3 is 2.50 bits per heavy atom. The minimum Gasteiger partial charge on any atom is -0.394 e. The van der Waals surface area contributed by atoms with Crippen LogP contribution >= 0.6 is 0 Å². The highest BCUT2D eigenvalue weighted by molar-refractivity contribution is 6.10. The number of hydrogen-bond acceptors (Lipinski definition) is 4. The van der Waals surface area contributed by atoms with Crippen LogP contribution in [0.15, 0.2) is 48.5 Å². The van der Waals surface area contributed by atoms with Gasteiger partial charge in [-0.25, -0.2) is 4.79 Å². The summed E-state index contributed by atoms with van der Waals surface area (Å²) in [4.78, 5) is 30.8. The van der Waals surface area contributed by atoms with Crippen molar-refractivity contribution < 1.29 is 19.4 Å². The molecular weight excluding hydrogens is 504 g/mol. The molecule has 0 radical (unpaired) electrons. The molecule has 1 aromatic heterocycles. The molecule has 0 saturated heterocycles. The number of nitrogens with one attached hydrogen (secondary N) is 1. The van der Waals surface area contributed by atoms with Gasteiger partial charge in [0.15, 0.2) is 0 Å². The Balaban J connectivity index is 1.79. The van der Waals surface area contributed by atoms with Crippen molar-refractivity contribution in [1.82, 2.24) is 19.7 Å². The molecule has 0 fully saturated rings. The maximum Gasteiger partial charge on any atom is 0.317 e. The van der Waals surface area contributed by atoms with E-state index in [2.05, 4.69) is 25.2 Å². The van der Waals surface area contributed by atoms with Crippen LogP contribution in [0.3, 0.4) is 0 Å². The van der Waals surface area contributed by atoms with Gasteiger partial charge in [-0.3, -0.25) is 4.79 Å². The molecule has 8 heteroatoms. The van der Waals surface area contributed by atoms with Crippen LogP contribution in [-0.4, -0.2) is 76.3 Å². The minimum absolute atomic E-state index is 0.0413. The first kappa shape index (κ1) is 29.6. The van der Waals surface area contributed by atoms with E-state index in [4.69, 9.17) is 4.74 Å². The number of aliphatic hydroxyl groups excluding tert-OH is 1.